The molecule has 2 aliphatic rings. The summed E-state index contributed by atoms with van der Waals surface area (Å²) >= 11 is 0. The molecule has 1 aliphatic carbocycles. The minimum absolute atomic E-state index is 0.188. The molecule has 0 bridgehead atoms. The monoisotopic (exact) mass is 286 g/mol. The minimum Gasteiger partial charge on any atom is -0.326 e. The van der Waals surface area contributed by atoms with Crippen molar-refractivity contribution in [2.75, 3.05) is 18.4 Å². The van der Waals surface area contributed by atoms with Crippen molar-refractivity contribution in [1.29, 1.82) is 0 Å². The maximum atomic E-state index is 12.2. The normalized spacial score (nSPS) is 19.0. The Morgan fingerprint density at radius 3 is 2.86 bits per heavy atom. The lowest BCUT2D eigenvalue weighted by atomic mass is 9.90. The van der Waals surface area contributed by atoms with Crippen molar-refractivity contribution >= 4 is 11.6 Å². The standard InChI is InChI=1S/C18H26N2O/c21-18(9-8-14-10-12-19-13-11-14)20-17-7-3-5-15-4-1-2-6-16(15)17/h3,5,7,14,19H,1-2,4,6,8-13H2,(H,20,21). The van der Waals surface area contributed by atoms with E-state index < -0.39 is 0 Å². The zero-order valence-corrected chi connectivity index (χ0v) is 12.8. The molecule has 1 aromatic rings. The van der Waals surface area contributed by atoms with Crippen LogP contribution in [-0.4, -0.2) is 19.0 Å². The van der Waals surface area contributed by atoms with Gasteiger partial charge in [-0.1, -0.05) is 12.1 Å². The van der Waals surface area contributed by atoms with Gasteiger partial charge in [0.2, 0.25) is 5.91 Å². The molecule has 1 aromatic carbocycles. The molecule has 0 unspecified atom stereocenters. The summed E-state index contributed by atoms with van der Waals surface area (Å²) in [7, 11) is 0. The van der Waals surface area contributed by atoms with Crippen LogP contribution in [0.1, 0.15) is 49.7 Å². The molecule has 0 aromatic heterocycles. The number of hydrogen-bond acceptors (Lipinski definition) is 2. The second-order valence-corrected chi connectivity index (χ2v) is 6.43. The van der Waals surface area contributed by atoms with E-state index in [-0.39, 0.29) is 5.91 Å². The molecule has 3 rings (SSSR count). The first-order valence-electron chi connectivity index (χ1n) is 8.44. The van der Waals surface area contributed by atoms with Gasteiger partial charge in [-0.3, -0.25) is 4.79 Å². The van der Waals surface area contributed by atoms with Gasteiger partial charge in [-0.05, 0) is 81.1 Å². The molecule has 1 saturated heterocycles. The van der Waals surface area contributed by atoms with E-state index in [4.69, 9.17) is 0 Å². The third kappa shape index (κ3) is 3.85. The highest BCUT2D eigenvalue weighted by Gasteiger charge is 2.17. The Bertz CT molecular complexity index is 492. The molecule has 1 amide bonds. The Morgan fingerprint density at radius 2 is 2.00 bits per heavy atom. The topological polar surface area (TPSA) is 41.1 Å². The second kappa shape index (κ2) is 7.08. The maximum Gasteiger partial charge on any atom is 0.224 e. The van der Waals surface area contributed by atoms with Crippen LogP contribution in [0.4, 0.5) is 5.69 Å². The molecule has 1 fully saturated rings. The number of anilines is 1. The van der Waals surface area contributed by atoms with Crippen LogP contribution in [0.2, 0.25) is 0 Å². The Hall–Kier alpha value is -1.35. The van der Waals surface area contributed by atoms with Crippen molar-refractivity contribution in [2.45, 2.75) is 51.4 Å². The number of nitrogens with one attached hydrogen (secondary N) is 2. The lowest BCUT2D eigenvalue weighted by molar-refractivity contribution is -0.116. The van der Waals surface area contributed by atoms with Crippen molar-refractivity contribution in [2.24, 2.45) is 5.92 Å². The van der Waals surface area contributed by atoms with Crippen LogP contribution >= 0.6 is 0 Å². The Labute approximate surface area is 127 Å². The van der Waals surface area contributed by atoms with Crippen LogP contribution in [0, 0.1) is 5.92 Å². The van der Waals surface area contributed by atoms with E-state index in [1.165, 1.54) is 36.8 Å². The lowest BCUT2D eigenvalue weighted by Gasteiger charge is -2.22. The minimum atomic E-state index is 0.188. The van der Waals surface area contributed by atoms with Crippen LogP contribution in [0.3, 0.4) is 0 Å². The average Bonchev–Trinajstić information content (AvgIpc) is 2.54. The SMILES string of the molecule is O=C(CCC1CCNCC1)Nc1cccc2c1CCCC2. The number of amides is 1. The number of rotatable bonds is 4. The summed E-state index contributed by atoms with van der Waals surface area (Å²) in [5.74, 6) is 0.911. The smallest absolute Gasteiger partial charge is 0.224 e. The number of aryl methyl sites for hydroxylation is 1. The van der Waals surface area contributed by atoms with Gasteiger partial charge in [-0.25, -0.2) is 0 Å². The molecule has 0 spiro atoms. The van der Waals surface area contributed by atoms with Crippen molar-refractivity contribution in [3.05, 3.63) is 29.3 Å². The molecular formula is C18H26N2O. The number of fused-ring (bicyclic) bond motifs is 1. The van der Waals surface area contributed by atoms with E-state index >= 15 is 0 Å². The Balaban J connectivity index is 1.55. The number of carbonyl (C=O) groups excluding carboxylic acids is 1. The summed E-state index contributed by atoms with van der Waals surface area (Å²) in [6.07, 6.45) is 8.92. The first kappa shape index (κ1) is 14.6. The lowest BCUT2D eigenvalue weighted by Crippen LogP contribution is -2.28. The predicted molar refractivity (Wildman–Crippen MR) is 86.5 cm³/mol. The average molecular weight is 286 g/mol. The van der Waals surface area contributed by atoms with Crippen molar-refractivity contribution in [3.8, 4) is 0 Å². The van der Waals surface area contributed by atoms with Gasteiger partial charge < -0.3 is 10.6 Å². The summed E-state index contributed by atoms with van der Waals surface area (Å²) in [5.41, 5.74) is 3.86. The van der Waals surface area contributed by atoms with E-state index in [0.29, 0.717) is 6.42 Å². The molecule has 1 aliphatic heterocycles. The molecule has 1 heterocycles. The molecule has 0 atom stereocenters. The fraction of sp³-hybridized carbons (Fsp3) is 0.611. The Kier molecular flexibility index (Phi) is 4.91. The first-order chi connectivity index (χ1) is 10.3. The first-order valence-corrected chi connectivity index (χ1v) is 8.44. The summed E-state index contributed by atoms with van der Waals surface area (Å²) in [6, 6.07) is 6.35. The highest BCUT2D eigenvalue weighted by atomic mass is 16.1. The predicted octanol–water partition coefficient (Wildman–Crippen LogP) is 3.28. The highest BCUT2D eigenvalue weighted by Crippen LogP contribution is 2.28. The van der Waals surface area contributed by atoms with Gasteiger partial charge in [0.1, 0.15) is 0 Å². The van der Waals surface area contributed by atoms with E-state index in [1.54, 1.807) is 0 Å². The summed E-state index contributed by atoms with van der Waals surface area (Å²) in [4.78, 5) is 12.2. The molecule has 0 radical (unpaired) electrons. The summed E-state index contributed by atoms with van der Waals surface area (Å²) in [5, 5.41) is 6.53. The molecular weight excluding hydrogens is 260 g/mol. The maximum absolute atomic E-state index is 12.2. The van der Waals surface area contributed by atoms with E-state index in [0.717, 1.165) is 44.0 Å². The third-order valence-electron chi connectivity index (χ3n) is 4.91. The van der Waals surface area contributed by atoms with Crippen LogP contribution in [-0.2, 0) is 17.6 Å². The highest BCUT2D eigenvalue weighted by molar-refractivity contribution is 5.91. The van der Waals surface area contributed by atoms with Gasteiger partial charge in [-0.15, -0.1) is 0 Å². The van der Waals surface area contributed by atoms with Gasteiger partial charge >= 0.3 is 0 Å². The fourth-order valence-electron chi connectivity index (χ4n) is 3.62. The van der Waals surface area contributed by atoms with Crippen molar-refractivity contribution in [1.82, 2.24) is 5.32 Å². The van der Waals surface area contributed by atoms with Crippen molar-refractivity contribution < 1.29 is 4.79 Å². The largest absolute Gasteiger partial charge is 0.326 e. The van der Waals surface area contributed by atoms with E-state index in [9.17, 15) is 4.79 Å². The van der Waals surface area contributed by atoms with Gasteiger partial charge in [0.25, 0.3) is 0 Å². The zero-order chi connectivity index (χ0) is 14.5. The Morgan fingerprint density at radius 1 is 1.19 bits per heavy atom. The van der Waals surface area contributed by atoms with Crippen molar-refractivity contribution in [3.63, 3.8) is 0 Å². The van der Waals surface area contributed by atoms with Crippen LogP contribution < -0.4 is 10.6 Å². The van der Waals surface area contributed by atoms with E-state index in [1.807, 2.05) is 0 Å². The zero-order valence-electron chi connectivity index (χ0n) is 12.8. The molecule has 2 N–H and O–H groups in total. The summed E-state index contributed by atoms with van der Waals surface area (Å²) < 4.78 is 0. The van der Waals surface area contributed by atoms with Gasteiger partial charge in [0.05, 0.1) is 0 Å². The third-order valence-corrected chi connectivity index (χ3v) is 4.91. The van der Waals surface area contributed by atoms with Gasteiger partial charge in [-0.2, -0.15) is 0 Å². The molecule has 3 nitrogen and oxygen atoms in total. The van der Waals surface area contributed by atoms with Crippen LogP contribution in [0.25, 0.3) is 0 Å². The number of benzene rings is 1. The van der Waals surface area contributed by atoms with Gasteiger partial charge in [0.15, 0.2) is 0 Å². The fourth-order valence-corrected chi connectivity index (χ4v) is 3.62. The van der Waals surface area contributed by atoms with E-state index in [2.05, 4.69) is 28.8 Å². The number of hydrogen-bond donors (Lipinski definition) is 2. The molecule has 21 heavy (non-hydrogen) atoms. The molecule has 0 saturated carbocycles. The summed E-state index contributed by atoms with van der Waals surface area (Å²) in [6.45, 7) is 2.22. The molecule has 114 valence electrons. The number of piperidine rings is 1. The molecule has 3 heteroatoms. The quantitative estimate of drug-likeness (QED) is 0.892. The van der Waals surface area contributed by atoms with Crippen LogP contribution in [0.5, 0.6) is 0 Å². The van der Waals surface area contributed by atoms with Crippen LogP contribution in [0.15, 0.2) is 18.2 Å². The number of carbonyl (C=O) groups is 1. The second-order valence-electron chi connectivity index (χ2n) is 6.43. The van der Waals surface area contributed by atoms with Gasteiger partial charge in [0, 0.05) is 12.1 Å².